The zero-order chi connectivity index (χ0) is 41.3. The summed E-state index contributed by atoms with van der Waals surface area (Å²) in [5.41, 5.74) is 5.83. The van der Waals surface area contributed by atoms with E-state index in [2.05, 4.69) is 61.5 Å². The maximum Gasteiger partial charge on any atom is 0.407 e. The molecule has 15 heteroatoms. The number of alkyl carbamates (subject to hydrolysis) is 1. The van der Waals surface area contributed by atoms with E-state index in [9.17, 15) is 19.8 Å². The molecule has 15 nitrogen and oxygen atoms in total. The van der Waals surface area contributed by atoms with Gasteiger partial charge in [0.15, 0.2) is 23.2 Å². The summed E-state index contributed by atoms with van der Waals surface area (Å²) in [6.45, 7) is 5.61. The second kappa shape index (κ2) is 19.2. The molecular formula is C44H52N8O7. The molecule has 2 amide bonds. The van der Waals surface area contributed by atoms with Gasteiger partial charge in [0.25, 0.3) is 0 Å². The number of imidazole rings is 1. The van der Waals surface area contributed by atoms with Crippen molar-refractivity contribution in [1.29, 1.82) is 0 Å². The first-order valence-electron chi connectivity index (χ1n) is 20.3. The Bertz CT molecular complexity index is 2180. The van der Waals surface area contributed by atoms with Crippen LogP contribution in [-0.2, 0) is 20.7 Å². The summed E-state index contributed by atoms with van der Waals surface area (Å²) < 4.78 is 18.8. The molecule has 5 atom stereocenters. The highest BCUT2D eigenvalue weighted by molar-refractivity contribution is 5.87. The Hall–Kier alpha value is -5.90. The molecule has 0 bridgehead atoms. The van der Waals surface area contributed by atoms with Crippen LogP contribution in [0.2, 0.25) is 0 Å². The van der Waals surface area contributed by atoms with E-state index >= 15 is 0 Å². The molecule has 59 heavy (non-hydrogen) atoms. The van der Waals surface area contributed by atoms with E-state index in [4.69, 9.17) is 14.2 Å². The number of ether oxygens (including phenoxy) is 3. The fourth-order valence-electron chi connectivity index (χ4n) is 7.77. The number of amides is 2. The van der Waals surface area contributed by atoms with E-state index in [1.807, 2.05) is 36.4 Å². The molecule has 2 aliphatic rings. The van der Waals surface area contributed by atoms with Crippen LogP contribution < -0.4 is 15.4 Å². The molecule has 1 aliphatic carbocycles. The summed E-state index contributed by atoms with van der Waals surface area (Å²) in [6, 6.07) is 21.0. The molecule has 0 unspecified atom stereocenters. The van der Waals surface area contributed by atoms with Gasteiger partial charge in [-0.05, 0) is 52.8 Å². The lowest BCUT2D eigenvalue weighted by Crippen LogP contribution is -2.55. The zero-order valence-electron chi connectivity index (χ0n) is 33.6. The van der Waals surface area contributed by atoms with E-state index in [-0.39, 0.29) is 18.9 Å². The Balaban J connectivity index is 1.07. The summed E-state index contributed by atoms with van der Waals surface area (Å²) in [4.78, 5) is 47.8. The third kappa shape index (κ3) is 9.22. The molecule has 1 fully saturated rings. The number of unbranched alkanes of at least 4 members (excludes halogenated alkanes) is 2. The number of fused-ring (bicyclic) bond motifs is 4. The van der Waals surface area contributed by atoms with Crippen LogP contribution in [0.1, 0.15) is 68.4 Å². The number of aromatic nitrogens is 4. The van der Waals surface area contributed by atoms with Crippen LogP contribution in [-0.4, -0.2) is 111 Å². The van der Waals surface area contributed by atoms with Gasteiger partial charge in [-0.1, -0.05) is 87.4 Å². The monoisotopic (exact) mass is 804 g/mol. The largest absolute Gasteiger partial charge is 0.497 e. The topological polar surface area (TPSA) is 186 Å². The van der Waals surface area contributed by atoms with Gasteiger partial charge in [-0.2, -0.15) is 0 Å². The second-order valence-corrected chi connectivity index (χ2v) is 14.9. The number of benzene rings is 3. The predicted molar refractivity (Wildman–Crippen MR) is 222 cm³/mol. The van der Waals surface area contributed by atoms with Crippen LogP contribution >= 0.6 is 0 Å². The number of aliphatic imine (C=N–C) groups is 1. The van der Waals surface area contributed by atoms with E-state index in [0.717, 1.165) is 66.6 Å². The highest BCUT2D eigenvalue weighted by Crippen LogP contribution is 2.44. The van der Waals surface area contributed by atoms with Crippen LogP contribution in [0.25, 0.3) is 22.3 Å². The quantitative estimate of drug-likeness (QED) is 0.0667. The minimum Gasteiger partial charge on any atom is -0.497 e. The van der Waals surface area contributed by atoms with Gasteiger partial charge in [-0.25, -0.2) is 24.7 Å². The van der Waals surface area contributed by atoms with Gasteiger partial charge in [0, 0.05) is 25.4 Å². The molecule has 0 saturated carbocycles. The lowest BCUT2D eigenvalue weighted by molar-refractivity contribution is -0.124. The number of hydrogen-bond donors (Lipinski definition) is 4. The van der Waals surface area contributed by atoms with Gasteiger partial charge in [0.2, 0.25) is 5.91 Å². The van der Waals surface area contributed by atoms with Crippen molar-refractivity contribution < 1.29 is 34.0 Å². The van der Waals surface area contributed by atoms with E-state index in [1.165, 1.54) is 12.7 Å². The van der Waals surface area contributed by atoms with Crippen molar-refractivity contribution in [2.45, 2.75) is 82.4 Å². The number of carbonyl (C=O) groups excluding carboxylic acids is 2. The minimum atomic E-state index is -1.34. The van der Waals surface area contributed by atoms with Crippen LogP contribution in [0.5, 0.6) is 5.75 Å². The van der Waals surface area contributed by atoms with Gasteiger partial charge in [-0.3, -0.25) is 9.36 Å². The number of aliphatic hydroxyl groups excluding tert-OH is 2. The van der Waals surface area contributed by atoms with Crippen molar-refractivity contribution in [2.75, 3.05) is 33.4 Å². The lowest BCUT2D eigenvalue weighted by Gasteiger charge is -2.25. The molecular weight excluding hydrogens is 753 g/mol. The van der Waals surface area contributed by atoms with Gasteiger partial charge < -0.3 is 40.0 Å². The molecule has 1 aliphatic heterocycles. The minimum absolute atomic E-state index is 0.0611. The highest BCUT2D eigenvalue weighted by Gasteiger charge is 2.46. The van der Waals surface area contributed by atoms with Crippen molar-refractivity contribution in [3.63, 3.8) is 0 Å². The zero-order valence-corrected chi connectivity index (χ0v) is 33.6. The fraction of sp³-hybridized carbons (Fsp3) is 0.409. The van der Waals surface area contributed by atoms with Crippen LogP contribution in [0.3, 0.4) is 0 Å². The molecule has 3 heterocycles. The van der Waals surface area contributed by atoms with Gasteiger partial charge in [0.1, 0.15) is 36.9 Å². The van der Waals surface area contributed by atoms with E-state index in [0.29, 0.717) is 22.7 Å². The predicted octanol–water partition coefficient (Wildman–Crippen LogP) is 5.28. The van der Waals surface area contributed by atoms with Crippen LogP contribution in [0.15, 0.2) is 90.4 Å². The highest BCUT2D eigenvalue weighted by atomic mass is 16.6. The summed E-state index contributed by atoms with van der Waals surface area (Å²) in [7, 11) is 1.56. The first kappa shape index (κ1) is 41.3. The summed E-state index contributed by atoms with van der Waals surface area (Å²) in [5.74, 6) is 0.225. The Morgan fingerprint density at radius 3 is 2.29 bits per heavy atom. The molecule has 2 aromatic heterocycles. The van der Waals surface area contributed by atoms with E-state index < -0.39 is 49.1 Å². The summed E-state index contributed by atoms with van der Waals surface area (Å²) in [5, 5.41) is 27.7. The normalized spacial score (nSPS) is 19.1. The molecule has 310 valence electrons. The lowest BCUT2D eigenvalue weighted by atomic mass is 9.98. The molecule has 4 N–H and O–H groups in total. The Morgan fingerprint density at radius 1 is 0.966 bits per heavy atom. The van der Waals surface area contributed by atoms with Gasteiger partial charge in [-0.15, -0.1) is 0 Å². The third-order valence-corrected chi connectivity index (χ3v) is 11.0. The summed E-state index contributed by atoms with van der Waals surface area (Å²) >= 11 is 0. The average molecular weight is 805 g/mol. The molecule has 7 rings (SSSR count). The maximum atomic E-state index is 14.2. The number of nitrogens with zero attached hydrogens (tertiary/aromatic N) is 6. The Kier molecular flexibility index (Phi) is 13.5. The van der Waals surface area contributed by atoms with Crippen molar-refractivity contribution >= 4 is 35.3 Å². The Labute approximate surface area is 343 Å². The van der Waals surface area contributed by atoms with Crippen molar-refractivity contribution in [1.82, 2.24) is 35.1 Å². The van der Waals surface area contributed by atoms with Crippen molar-refractivity contribution in [3.05, 3.63) is 102 Å². The second-order valence-electron chi connectivity index (χ2n) is 14.9. The van der Waals surface area contributed by atoms with Gasteiger partial charge >= 0.3 is 6.09 Å². The first-order chi connectivity index (χ1) is 28.8. The standard InChI is InChI=1S/C44H52N8O7/c1-4-6-20-51(21-7-5-2)26-48-40-38-41(46-25-45-40)52(27-47-38)43-39(54)37(36(23-53)59-43)50-42(55)35(22-28-16-18-29(57-3)19-17-28)49-44(56)58-24-34-32-14-10-8-12-30(32)31-13-9-11-15-33(31)34/h8-19,25-27,34-37,39,43,53-54H,4-7,20-24H2,1-3H3,(H,49,56)(H,50,55)/b48-26+/t35-,36+,37+,39+,43+/m0/s1. The number of methoxy groups -OCH3 is 1. The third-order valence-electron chi connectivity index (χ3n) is 11.0. The number of nitrogens with one attached hydrogen (secondary N) is 2. The van der Waals surface area contributed by atoms with Crippen LogP contribution in [0.4, 0.5) is 10.6 Å². The Morgan fingerprint density at radius 2 is 1.64 bits per heavy atom. The molecule has 3 aromatic carbocycles. The van der Waals surface area contributed by atoms with Crippen LogP contribution in [0, 0.1) is 0 Å². The average Bonchev–Trinajstić information content (AvgIpc) is 3.94. The molecule has 0 radical (unpaired) electrons. The van der Waals surface area contributed by atoms with Crippen molar-refractivity contribution in [2.24, 2.45) is 4.99 Å². The van der Waals surface area contributed by atoms with E-state index in [1.54, 1.807) is 42.3 Å². The van der Waals surface area contributed by atoms with Gasteiger partial charge in [0.05, 0.1) is 32.4 Å². The molecule has 5 aromatic rings. The summed E-state index contributed by atoms with van der Waals surface area (Å²) in [6.07, 6.45) is 4.75. The number of rotatable bonds is 18. The first-order valence-corrected chi connectivity index (χ1v) is 20.3. The number of aliphatic hydroxyl groups is 2. The number of hydrogen-bond acceptors (Lipinski definition) is 11. The van der Waals surface area contributed by atoms with Crippen molar-refractivity contribution in [3.8, 4) is 16.9 Å². The molecule has 1 saturated heterocycles. The molecule has 0 spiro atoms. The maximum absolute atomic E-state index is 14.2. The SMILES string of the molecule is CCCCN(/C=N/c1ncnc2c1ncn2[C@@H]1O[C@H](CO)[C@@H](NC(=O)[C@H](Cc2ccc(OC)cc2)NC(=O)OCC2c3ccccc3-c3ccccc32)[C@H]1O)CCCC. The fourth-order valence-corrected chi connectivity index (χ4v) is 7.77. The smallest absolute Gasteiger partial charge is 0.407 e. The number of carbonyl (C=O) groups is 2.